The van der Waals surface area contributed by atoms with Crippen LogP contribution < -0.4 is 5.32 Å². The van der Waals surface area contributed by atoms with Gasteiger partial charge in [-0.25, -0.2) is 4.79 Å². The predicted molar refractivity (Wildman–Crippen MR) is 96.4 cm³/mol. The van der Waals surface area contributed by atoms with Gasteiger partial charge in [-0.05, 0) is 25.0 Å². The number of carbonyl (C=O) groups excluding carboxylic acids is 1. The van der Waals surface area contributed by atoms with E-state index in [2.05, 4.69) is 27.0 Å². The molecule has 134 valence electrons. The van der Waals surface area contributed by atoms with Gasteiger partial charge in [-0.2, -0.15) is 0 Å². The highest BCUT2D eigenvalue weighted by atomic mass is 16.3. The standard InChI is InChI=1S/C18H25N5O2/c1-2-3-9-22(11-12-24)18(25)19-15-7-4-6-14(13-15)17-21-20-16-8-5-10-23(16)17/h4,6-7,13,24H,2-3,5,8-12H2,1H3,(H,19,25). The van der Waals surface area contributed by atoms with E-state index >= 15 is 0 Å². The van der Waals surface area contributed by atoms with Gasteiger partial charge in [0.2, 0.25) is 0 Å². The lowest BCUT2D eigenvalue weighted by Gasteiger charge is -2.22. The van der Waals surface area contributed by atoms with E-state index in [0.29, 0.717) is 13.1 Å². The van der Waals surface area contributed by atoms with Crippen LogP contribution in [0.1, 0.15) is 32.0 Å². The van der Waals surface area contributed by atoms with Crippen molar-refractivity contribution in [3.05, 3.63) is 30.1 Å². The van der Waals surface area contributed by atoms with Crippen LogP contribution in [0.5, 0.6) is 0 Å². The second-order valence-electron chi connectivity index (χ2n) is 6.27. The zero-order valence-corrected chi connectivity index (χ0v) is 14.6. The van der Waals surface area contributed by atoms with Gasteiger partial charge in [0, 0.05) is 37.3 Å². The van der Waals surface area contributed by atoms with Crippen molar-refractivity contribution in [3.8, 4) is 11.4 Å². The Morgan fingerprint density at radius 3 is 3.04 bits per heavy atom. The molecular formula is C18H25N5O2. The summed E-state index contributed by atoms with van der Waals surface area (Å²) in [6.07, 6.45) is 3.99. The molecule has 1 aliphatic heterocycles. The van der Waals surface area contributed by atoms with E-state index in [4.69, 9.17) is 0 Å². The quantitative estimate of drug-likeness (QED) is 0.809. The minimum Gasteiger partial charge on any atom is -0.395 e. The van der Waals surface area contributed by atoms with Gasteiger partial charge in [-0.1, -0.05) is 25.5 Å². The number of hydrogen-bond acceptors (Lipinski definition) is 4. The third kappa shape index (κ3) is 3.99. The highest BCUT2D eigenvalue weighted by Gasteiger charge is 2.19. The first kappa shape index (κ1) is 17.4. The molecule has 0 unspecified atom stereocenters. The van der Waals surface area contributed by atoms with Gasteiger partial charge in [0.1, 0.15) is 5.82 Å². The molecule has 25 heavy (non-hydrogen) atoms. The highest BCUT2D eigenvalue weighted by molar-refractivity contribution is 5.90. The molecule has 3 rings (SSSR count). The summed E-state index contributed by atoms with van der Waals surface area (Å²) in [7, 11) is 0. The molecule has 7 heteroatoms. The van der Waals surface area contributed by atoms with Gasteiger partial charge >= 0.3 is 6.03 Å². The van der Waals surface area contributed by atoms with E-state index < -0.39 is 0 Å². The van der Waals surface area contributed by atoms with Crippen LogP contribution in [0, 0.1) is 0 Å². The van der Waals surface area contributed by atoms with Crippen LogP contribution in [0.4, 0.5) is 10.5 Å². The zero-order chi connectivity index (χ0) is 17.6. The minimum absolute atomic E-state index is 0.0386. The molecule has 0 atom stereocenters. The molecule has 2 heterocycles. The smallest absolute Gasteiger partial charge is 0.321 e. The van der Waals surface area contributed by atoms with Crippen LogP contribution in [-0.4, -0.2) is 50.5 Å². The molecule has 0 aliphatic carbocycles. The maximum Gasteiger partial charge on any atom is 0.321 e. The number of aryl methyl sites for hydroxylation is 1. The van der Waals surface area contributed by atoms with Gasteiger partial charge in [-0.15, -0.1) is 10.2 Å². The fourth-order valence-electron chi connectivity index (χ4n) is 3.09. The average Bonchev–Trinajstić information content (AvgIpc) is 3.22. The Bertz CT molecular complexity index is 728. The average molecular weight is 343 g/mol. The monoisotopic (exact) mass is 343 g/mol. The molecule has 1 aromatic heterocycles. The Kier molecular flexibility index (Phi) is 5.65. The number of benzene rings is 1. The number of fused-ring (bicyclic) bond motifs is 1. The number of unbranched alkanes of at least 4 members (excludes halogenated alkanes) is 1. The van der Waals surface area contributed by atoms with E-state index in [-0.39, 0.29) is 12.6 Å². The molecule has 1 aliphatic rings. The van der Waals surface area contributed by atoms with Gasteiger partial charge < -0.3 is 19.9 Å². The molecule has 0 spiro atoms. The lowest BCUT2D eigenvalue weighted by molar-refractivity contribution is 0.187. The fourth-order valence-corrected chi connectivity index (χ4v) is 3.09. The number of urea groups is 1. The maximum absolute atomic E-state index is 12.5. The molecule has 0 fully saturated rings. The lowest BCUT2D eigenvalue weighted by atomic mass is 10.2. The van der Waals surface area contributed by atoms with Crippen molar-refractivity contribution in [1.82, 2.24) is 19.7 Å². The minimum atomic E-state index is -0.189. The Hall–Kier alpha value is -2.41. The molecule has 1 aromatic carbocycles. The van der Waals surface area contributed by atoms with Crippen molar-refractivity contribution >= 4 is 11.7 Å². The summed E-state index contributed by atoms with van der Waals surface area (Å²) in [5.41, 5.74) is 1.66. The van der Waals surface area contributed by atoms with E-state index in [0.717, 1.165) is 55.1 Å². The normalized spacial score (nSPS) is 12.9. The van der Waals surface area contributed by atoms with Crippen molar-refractivity contribution < 1.29 is 9.90 Å². The summed E-state index contributed by atoms with van der Waals surface area (Å²) >= 11 is 0. The Balaban J connectivity index is 1.73. The largest absolute Gasteiger partial charge is 0.395 e. The zero-order valence-electron chi connectivity index (χ0n) is 14.6. The summed E-state index contributed by atoms with van der Waals surface area (Å²) in [5.74, 6) is 1.87. The molecular weight excluding hydrogens is 318 g/mol. The second kappa shape index (κ2) is 8.11. The number of aliphatic hydroxyl groups is 1. The number of nitrogens with one attached hydrogen (secondary N) is 1. The molecule has 0 radical (unpaired) electrons. The summed E-state index contributed by atoms with van der Waals surface area (Å²) in [6.45, 7) is 3.96. The predicted octanol–water partition coefficient (Wildman–Crippen LogP) is 2.52. The molecule has 2 amide bonds. The summed E-state index contributed by atoms with van der Waals surface area (Å²) < 4.78 is 2.14. The maximum atomic E-state index is 12.5. The number of aliphatic hydroxyl groups excluding tert-OH is 1. The third-order valence-electron chi connectivity index (χ3n) is 4.42. The van der Waals surface area contributed by atoms with Crippen molar-refractivity contribution in [3.63, 3.8) is 0 Å². The van der Waals surface area contributed by atoms with Crippen LogP contribution >= 0.6 is 0 Å². The molecule has 0 saturated heterocycles. The number of rotatable bonds is 7. The van der Waals surface area contributed by atoms with Gasteiger partial charge in [-0.3, -0.25) is 0 Å². The number of aromatic nitrogens is 3. The lowest BCUT2D eigenvalue weighted by Crippen LogP contribution is -2.37. The number of nitrogens with zero attached hydrogens (tertiary/aromatic N) is 4. The van der Waals surface area contributed by atoms with Crippen LogP contribution in [0.2, 0.25) is 0 Å². The number of hydrogen-bond donors (Lipinski definition) is 2. The molecule has 0 bridgehead atoms. The van der Waals surface area contributed by atoms with Crippen molar-refractivity contribution in [2.24, 2.45) is 0 Å². The molecule has 7 nitrogen and oxygen atoms in total. The first-order valence-electron chi connectivity index (χ1n) is 8.92. The van der Waals surface area contributed by atoms with E-state index in [1.165, 1.54) is 0 Å². The van der Waals surface area contributed by atoms with Crippen molar-refractivity contribution in [2.75, 3.05) is 25.0 Å². The first-order chi connectivity index (χ1) is 12.2. The van der Waals surface area contributed by atoms with Crippen LogP contribution in [0.3, 0.4) is 0 Å². The number of carbonyl (C=O) groups is 1. The fraction of sp³-hybridized carbons (Fsp3) is 0.500. The summed E-state index contributed by atoms with van der Waals surface area (Å²) in [5, 5.41) is 20.6. The SMILES string of the molecule is CCCCN(CCO)C(=O)Nc1cccc(-c2nnc3n2CCC3)c1. The second-order valence-corrected chi connectivity index (χ2v) is 6.27. The Morgan fingerprint density at radius 1 is 1.36 bits per heavy atom. The Morgan fingerprint density at radius 2 is 2.24 bits per heavy atom. The van der Waals surface area contributed by atoms with E-state index in [1.54, 1.807) is 4.90 Å². The summed E-state index contributed by atoms with van der Waals surface area (Å²) in [4.78, 5) is 14.1. The highest BCUT2D eigenvalue weighted by Crippen LogP contribution is 2.25. The van der Waals surface area contributed by atoms with Crippen LogP contribution in [0.15, 0.2) is 24.3 Å². The Labute approximate surface area is 147 Å². The number of amides is 2. The topological polar surface area (TPSA) is 83.3 Å². The van der Waals surface area contributed by atoms with Gasteiger partial charge in [0.25, 0.3) is 0 Å². The molecule has 2 aromatic rings. The van der Waals surface area contributed by atoms with Crippen LogP contribution in [-0.2, 0) is 13.0 Å². The van der Waals surface area contributed by atoms with E-state index in [1.807, 2.05) is 24.3 Å². The molecule has 0 saturated carbocycles. The summed E-state index contributed by atoms with van der Waals surface area (Å²) in [6, 6.07) is 7.48. The van der Waals surface area contributed by atoms with Crippen molar-refractivity contribution in [1.29, 1.82) is 0 Å². The first-order valence-corrected chi connectivity index (χ1v) is 8.92. The third-order valence-corrected chi connectivity index (χ3v) is 4.42. The van der Waals surface area contributed by atoms with Gasteiger partial charge in [0.05, 0.1) is 6.61 Å². The van der Waals surface area contributed by atoms with Gasteiger partial charge in [0.15, 0.2) is 5.82 Å². The van der Waals surface area contributed by atoms with E-state index in [9.17, 15) is 9.90 Å². The molecule has 2 N–H and O–H groups in total. The number of anilines is 1. The van der Waals surface area contributed by atoms with Crippen molar-refractivity contribution in [2.45, 2.75) is 39.2 Å². The van der Waals surface area contributed by atoms with Crippen LogP contribution in [0.25, 0.3) is 11.4 Å².